The summed E-state index contributed by atoms with van der Waals surface area (Å²) in [6.07, 6.45) is 3.26. The largest absolute Gasteiger partial charge is 0.490 e. The van der Waals surface area contributed by atoms with E-state index < -0.39 is 42.0 Å². The number of alkyl halides is 3. The van der Waals surface area contributed by atoms with Gasteiger partial charge in [-0.15, -0.1) is 0 Å². The van der Waals surface area contributed by atoms with Gasteiger partial charge in [-0.3, -0.25) is 4.90 Å². The summed E-state index contributed by atoms with van der Waals surface area (Å²) in [5, 5.41) is 3.45. The fourth-order valence-corrected chi connectivity index (χ4v) is 6.57. The third kappa shape index (κ3) is 9.19. The minimum absolute atomic E-state index is 0.0728. The molecule has 0 aromatic heterocycles. The van der Waals surface area contributed by atoms with Gasteiger partial charge in [-0.25, -0.2) is 8.78 Å². The molecule has 3 aromatic rings. The summed E-state index contributed by atoms with van der Waals surface area (Å²) in [6, 6.07) is 15.1. The SMILES string of the molecule is C[C@@H]1Cc2cc(OCc3ccccc3)ccc2C(c2c(F)cc(OC3CCCCCNCCCCC3)cc2F)N1CC(F)(F)F. The molecule has 45 heavy (non-hydrogen) atoms. The van der Waals surface area contributed by atoms with Crippen molar-refractivity contribution in [1.82, 2.24) is 10.2 Å². The molecule has 4 nitrogen and oxygen atoms in total. The Balaban J connectivity index is 1.42. The predicted molar refractivity (Wildman–Crippen MR) is 166 cm³/mol. The molecule has 2 atom stereocenters. The second-order valence-corrected chi connectivity index (χ2v) is 12.4. The first-order valence-corrected chi connectivity index (χ1v) is 16.2. The molecule has 244 valence electrons. The molecule has 0 radical (unpaired) electrons. The lowest BCUT2D eigenvalue weighted by Crippen LogP contribution is -2.47. The van der Waals surface area contributed by atoms with Crippen LogP contribution < -0.4 is 14.8 Å². The molecule has 1 N–H and O–H groups in total. The molecule has 0 spiro atoms. The number of hydrogen-bond acceptors (Lipinski definition) is 4. The van der Waals surface area contributed by atoms with Crippen molar-refractivity contribution in [2.45, 2.75) is 95.7 Å². The molecule has 0 bridgehead atoms. The van der Waals surface area contributed by atoms with Crippen molar-refractivity contribution in [2.75, 3.05) is 19.6 Å². The molecule has 1 saturated heterocycles. The maximum Gasteiger partial charge on any atom is 0.401 e. The van der Waals surface area contributed by atoms with Crippen LogP contribution >= 0.6 is 0 Å². The summed E-state index contributed by atoms with van der Waals surface area (Å²) in [4.78, 5) is 1.15. The van der Waals surface area contributed by atoms with Crippen molar-refractivity contribution in [1.29, 1.82) is 0 Å². The third-order valence-corrected chi connectivity index (χ3v) is 8.82. The van der Waals surface area contributed by atoms with E-state index >= 15 is 8.78 Å². The molecule has 2 aliphatic heterocycles. The van der Waals surface area contributed by atoms with Crippen molar-refractivity contribution in [3.8, 4) is 11.5 Å². The van der Waals surface area contributed by atoms with Crippen LogP contribution in [0.3, 0.4) is 0 Å². The number of ether oxygens (including phenoxy) is 2. The Morgan fingerprint density at radius 1 is 0.822 bits per heavy atom. The lowest BCUT2D eigenvalue weighted by Gasteiger charge is -2.42. The van der Waals surface area contributed by atoms with E-state index in [4.69, 9.17) is 9.47 Å². The standard InChI is InChI=1S/C36H43F5N2O2/c1-25-19-27-20-29(44-23-26-11-5-2-6-12-26)15-16-31(27)35(43(25)24-36(39,40)41)34-32(37)21-30(22-33(34)38)45-28-13-7-3-9-17-42-18-10-4-8-14-28/h2,5-6,11-12,15-16,20-22,25,28,35,42H,3-4,7-10,13-14,17-19,23-24H2,1H3/t25-,35?/m1/s1. The van der Waals surface area contributed by atoms with Crippen LogP contribution in [-0.4, -0.2) is 42.9 Å². The summed E-state index contributed by atoms with van der Waals surface area (Å²) in [6.45, 7) is 2.66. The zero-order valence-electron chi connectivity index (χ0n) is 25.9. The lowest BCUT2D eigenvalue weighted by atomic mass is 9.84. The molecule has 0 amide bonds. The van der Waals surface area contributed by atoms with Gasteiger partial charge in [-0.2, -0.15) is 13.2 Å². The minimum atomic E-state index is -4.55. The van der Waals surface area contributed by atoms with Gasteiger partial charge >= 0.3 is 6.18 Å². The van der Waals surface area contributed by atoms with Gasteiger partial charge in [0.05, 0.1) is 18.7 Å². The Bertz CT molecular complexity index is 1350. The van der Waals surface area contributed by atoms with Crippen molar-refractivity contribution < 1.29 is 31.4 Å². The average molecular weight is 631 g/mol. The molecule has 0 aliphatic carbocycles. The van der Waals surface area contributed by atoms with E-state index in [0.29, 0.717) is 23.5 Å². The molecule has 5 rings (SSSR count). The van der Waals surface area contributed by atoms with E-state index in [0.717, 1.165) is 87.1 Å². The first kappa shape index (κ1) is 33.2. The van der Waals surface area contributed by atoms with E-state index in [-0.39, 0.29) is 18.3 Å². The number of halogens is 5. The Morgan fingerprint density at radius 2 is 1.49 bits per heavy atom. The predicted octanol–water partition coefficient (Wildman–Crippen LogP) is 8.91. The summed E-state index contributed by atoms with van der Waals surface area (Å²) in [7, 11) is 0. The van der Waals surface area contributed by atoms with Gasteiger partial charge in [0, 0.05) is 23.7 Å². The highest BCUT2D eigenvalue weighted by Crippen LogP contribution is 2.43. The molecule has 2 heterocycles. The van der Waals surface area contributed by atoms with Gasteiger partial charge in [-0.05, 0) is 93.8 Å². The van der Waals surface area contributed by atoms with Crippen LogP contribution in [0.5, 0.6) is 11.5 Å². The van der Waals surface area contributed by atoms with E-state index in [2.05, 4.69) is 5.32 Å². The number of benzene rings is 3. The number of nitrogens with one attached hydrogen (secondary N) is 1. The molecule has 9 heteroatoms. The van der Waals surface area contributed by atoms with Crippen molar-refractivity contribution >= 4 is 0 Å². The van der Waals surface area contributed by atoms with Crippen LogP contribution in [0.25, 0.3) is 0 Å². The van der Waals surface area contributed by atoms with Crippen molar-refractivity contribution in [2.24, 2.45) is 0 Å². The molecular formula is C36H43F5N2O2. The monoisotopic (exact) mass is 630 g/mol. The molecule has 1 unspecified atom stereocenters. The third-order valence-electron chi connectivity index (χ3n) is 8.82. The van der Waals surface area contributed by atoms with Gasteiger partial charge in [0.25, 0.3) is 0 Å². The van der Waals surface area contributed by atoms with E-state index in [1.807, 2.05) is 30.3 Å². The van der Waals surface area contributed by atoms with Gasteiger partial charge in [0.15, 0.2) is 0 Å². The van der Waals surface area contributed by atoms with Crippen LogP contribution in [0.2, 0.25) is 0 Å². The molecule has 1 fully saturated rings. The van der Waals surface area contributed by atoms with E-state index in [1.54, 1.807) is 25.1 Å². The van der Waals surface area contributed by atoms with Gasteiger partial charge in [-0.1, -0.05) is 49.2 Å². The summed E-state index contributed by atoms with van der Waals surface area (Å²) < 4.78 is 85.5. The van der Waals surface area contributed by atoms with Crippen LogP contribution in [-0.2, 0) is 13.0 Å². The quantitative estimate of drug-likeness (QED) is 0.265. The highest BCUT2D eigenvalue weighted by molar-refractivity contribution is 5.46. The van der Waals surface area contributed by atoms with Crippen LogP contribution in [0, 0.1) is 11.6 Å². The maximum absolute atomic E-state index is 16.0. The van der Waals surface area contributed by atoms with Crippen LogP contribution in [0.1, 0.15) is 86.6 Å². The summed E-state index contributed by atoms with van der Waals surface area (Å²) in [5.74, 6) is -1.20. The number of rotatable bonds is 7. The topological polar surface area (TPSA) is 33.7 Å². The Morgan fingerprint density at radius 3 is 2.13 bits per heavy atom. The van der Waals surface area contributed by atoms with Gasteiger partial charge in [0.1, 0.15) is 29.7 Å². The minimum Gasteiger partial charge on any atom is -0.490 e. The van der Waals surface area contributed by atoms with E-state index in [9.17, 15) is 13.2 Å². The maximum atomic E-state index is 16.0. The average Bonchev–Trinajstić information content (AvgIpc) is 2.98. The Kier molecular flexibility index (Phi) is 11.4. The van der Waals surface area contributed by atoms with Crippen LogP contribution in [0.15, 0.2) is 60.7 Å². The number of fused-ring (bicyclic) bond motifs is 1. The summed E-state index contributed by atoms with van der Waals surface area (Å²) >= 11 is 0. The Labute approximate surface area is 262 Å². The normalized spacial score (nSPS) is 20.9. The molecule has 3 aromatic carbocycles. The van der Waals surface area contributed by atoms with Crippen LogP contribution in [0.4, 0.5) is 22.0 Å². The first-order valence-electron chi connectivity index (χ1n) is 16.2. The lowest BCUT2D eigenvalue weighted by molar-refractivity contribution is -0.155. The highest BCUT2D eigenvalue weighted by Gasteiger charge is 2.42. The zero-order valence-corrected chi connectivity index (χ0v) is 25.9. The van der Waals surface area contributed by atoms with Gasteiger partial charge in [0.2, 0.25) is 0 Å². The Hall–Kier alpha value is -3.17. The zero-order chi connectivity index (χ0) is 31.8. The molecular weight excluding hydrogens is 587 g/mol. The molecule has 2 aliphatic rings. The second kappa shape index (κ2) is 15.4. The number of hydrogen-bond donors (Lipinski definition) is 1. The van der Waals surface area contributed by atoms with Gasteiger partial charge < -0.3 is 14.8 Å². The highest BCUT2D eigenvalue weighted by atomic mass is 19.4. The fourth-order valence-electron chi connectivity index (χ4n) is 6.57. The van der Waals surface area contributed by atoms with E-state index in [1.165, 1.54) is 0 Å². The number of nitrogens with zero attached hydrogens (tertiary/aromatic N) is 1. The molecule has 0 saturated carbocycles. The second-order valence-electron chi connectivity index (χ2n) is 12.4. The smallest absolute Gasteiger partial charge is 0.401 e. The van der Waals surface area contributed by atoms with Crippen molar-refractivity contribution in [3.63, 3.8) is 0 Å². The first-order chi connectivity index (χ1) is 21.7. The summed E-state index contributed by atoms with van der Waals surface area (Å²) in [5.41, 5.74) is 1.71. The van der Waals surface area contributed by atoms with Crippen molar-refractivity contribution in [3.05, 3.63) is 94.6 Å². The fraction of sp³-hybridized carbons (Fsp3) is 0.500.